The Morgan fingerprint density at radius 2 is 2.00 bits per heavy atom. The molecule has 0 bridgehead atoms. The minimum Gasteiger partial charge on any atom is -0.310 e. The third-order valence-corrected chi connectivity index (χ3v) is 4.89. The molecule has 1 aliphatic carbocycles. The van der Waals surface area contributed by atoms with E-state index in [4.69, 9.17) is 11.6 Å². The SMILES string of the molecule is CC1CCC(CCNC(C)c2ccc(F)cc2Cl)CC1. The summed E-state index contributed by atoms with van der Waals surface area (Å²) in [5, 5.41) is 4.02. The van der Waals surface area contributed by atoms with E-state index in [9.17, 15) is 4.39 Å². The summed E-state index contributed by atoms with van der Waals surface area (Å²) in [5.74, 6) is 1.51. The van der Waals surface area contributed by atoms with Crippen molar-refractivity contribution >= 4 is 11.6 Å². The highest BCUT2D eigenvalue weighted by molar-refractivity contribution is 6.31. The first-order chi connectivity index (χ1) is 9.56. The highest BCUT2D eigenvalue weighted by Gasteiger charge is 2.18. The Hall–Kier alpha value is -0.600. The Labute approximate surface area is 126 Å². The molecule has 1 aliphatic rings. The van der Waals surface area contributed by atoms with Crippen LogP contribution < -0.4 is 5.32 Å². The molecular weight excluding hydrogens is 273 g/mol. The van der Waals surface area contributed by atoms with Crippen molar-refractivity contribution in [3.63, 3.8) is 0 Å². The molecule has 3 heteroatoms. The quantitative estimate of drug-likeness (QED) is 0.773. The van der Waals surface area contributed by atoms with E-state index >= 15 is 0 Å². The molecule has 1 nitrogen and oxygen atoms in total. The Bertz CT molecular complexity index is 427. The summed E-state index contributed by atoms with van der Waals surface area (Å²) in [7, 11) is 0. The predicted octanol–water partition coefficient (Wildman–Crippen LogP) is 5.35. The zero-order valence-electron chi connectivity index (χ0n) is 12.5. The van der Waals surface area contributed by atoms with Crippen LogP contribution in [0.3, 0.4) is 0 Å². The van der Waals surface area contributed by atoms with Gasteiger partial charge in [0.25, 0.3) is 0 Å². The lowest BCUT2D eigenvalue weighted by Crippen LogP contribution is -2.23. The lowest BCUT2D eigenvalue weighted by Gasteiger charge is -2.26. The third kappa shape index (κ3) is 4.46. The number of hydrogen-bond donors (Lipinski definition) is 1. The Morgan fingerprint density at radius 3 is 2.65 bits per heavy atom. The highest BCUT2D eigenvalue weighted by atomic mass is 35.5. The molecule has 1 aromatic rings. The van der Waals surface area contributed by atoms with Gasteiger partial charge in [0.15, 0.2) is 0 Å². The van der Waals surface area contributed by atoms with Crippen LogP contribution in [-0.2, 0) is 0 Å². The van der Waals surface area contributed by atoms with E-state index in [2.05, 4.69) is 19.2 Å². The topological polar surface area (TPSA) is 12.0 Å². The smallest absolute Gasteiger partial charge is 0.124 e. The van der Waals surface area contributed by atoms with Gasteiger partial charge in [-0.15, -0.1) is 0 Å². The summed E-state index contributed by atoms with van der Waals surface area (Å²) in [4.78, 5) is 0. The van der Waals surface area contributed by atoms with Gasteiger partial charge in [-0.05, 0) is 49.4 Å². The molecule has 20 heavy (non-hydrogen) atoms. The molecule has 2 rings (SSSR count). The van der Waals surface area contributed by atoms with Crippen molar-refractivity contribution in [1.82, 2.24) is 5.32 Å². The van der Waals surface area contributed by atoms with E-state index in [1.54, 1.807) is 6.07 Å². The lowest BCUT2D eigenvalue weighted by molar-refractivity contribution is 0.273. The predicted molar refractivity (Wildman–Crippen MR) is 83.6 cm³/mol. The van der Waals surface area contributed by atoms with Crippen LogP contribution in [0.2, 0.25) is 5.02 Å². The second-order valence-electron chi connectivity index (χ2n) is 6.26. The minimum absolute atomic E-state index is 0.172. The molecule has 1 aromatic carbocycles. The Morgan fingerprint density at radius 1 is 1.30 bits per heavy atom. The summed E-state index contributed by atoms with van der Waals surface area (Å²) in [5.41, 5.74) is 0.977. The van der Waals surface area contributed by atoms with E-state index in [1.807, 2.05) is 0 Å². The van der Waals surface area contributed by atoms with E-state index in [1.165, 1.54) is 44.2 Å². The molecule has 1 saturated carbocycles. The van der Waals surface area contributed by atoms with Gasteiger partial charge in [-0.25, -0.2) is 4.39 Å². The summed E-state index contributed by atoms with van der Waals surface area (Å²) in [6, 6.07) is 4.81. The molecule has 0 radical (unpaired) electrons. The van der Waals surface area contributed by atoms with Gasteiger partial charge in [0.05, 0.1) is 0 Å². The van der Waals surface area contributed by atoms with Crippen LogP contribution in [0.15, 0.2) is 18.2 Å². The zero-order chi connectivity index (χ0) is 14.5. The standard InChI is InChI=1S/C17H25ClFN/c1-12-3-5-14(6-4-12)9-10-20-13(2)16-8-7-15(19)11-17(16)18/h7-8,11-14,20H,3-6,9-10H2,1-2H3. The van der Waals surface area contributed by atoms with Crippen LogP contribution in [0, 0.1) is 17.7 Å². The van der Waals surface area contributed by atoms with Gasteiger partial charge >= 0.3 is 0 Å². The van der Waals surface area contributed by atoms with E-state index in [-0.39, 0.29) is 11.9 Å². The van der Waals surface area contributed by atoms with Crippen molar-refractivity contribution < 1.29 is 4.39 Å². The monoisotopic (exact) mass is 297 g/mol. The summed E-state index contributed by atoms with van der Waals surface area (Å²) >= 11 is 6.09. The molecule has 1 N–H and O–H groups in total. The summed E-state index contributed by atoms with van der Waals surface area (Å²) < 4.78 is 13.0. The van der Waals surface area contributed by atoms with E-state index < -0.39 is 0 Å². The van der Waals surface area contributed by atoms with Crippen LogP contribution in [0.25, 0.3) is 0 Å². The van der Waals surface area contributed by atoms with Gasteiger partial charge in [-0.3, -0.25) is 0 Å². The molecule has 0 aliphatic heterocycles. The molecule has 0 aromatic heterocycles. The first-order valence-electron chi connectivity index (χ1n) is 7.74. The Balaban J connectivity index is 1.76. The van der Waals surface area contributed by atoms with Crippen molar-refractivity contribution in [2.24, 2.45) is 11.8 Å². The minimum atomic E-state index is -0.276. The van der Waals surface area contributed by atoms with Gasteiger partial charge in [0, 0.05) is 11.1 Å². The fraction of sp³-hybridized carbons (Fsp3) is 0.647. The van der Waals surface area contributed by atoms with Crippen molar-refractivity contribution in [2.45, 2.75) is 52.0 Å². The highest BCUT2D eigenvalue weighted by Crippen LogP contribution is 2.30. The fourth-order valence-corrected chi connectivity index (χ4v) is 3.42. The fourth-order valence-electron chi connectivity index (χ4n) is 3.08. The van der Waals surface area contributed by atoms with Crippen LogP contribution >= 0.6 is 11.6 Å². The van der Waals surface area contributed by atoms with Crippen LogP contribution in [0.1, 0.15) is 57.6 Å². The molecule has 0 saturated heterocycles. The molecular formula is C17H25ClFN. The normalized spacial score (nSPS) is 24.6. The van der Waals surface area contributed by atoms with Crippen molar-refractivity contribution in [3.8, 4) is 0 Å². The van der Waals surface area contributed by atoms with Gasteiger partial charge in [0.2, 0.25) is 0 Å². The Kier molecular flexibility index (Phi) is 5.86. The second-order valence-corrected chi connectivity index (χ2v) is 6.66. The molecule has 0 amide bonds. The van der Waals surface area contributed by atoms with Gasteiger partial charge in [-0.1, -0.05) is 50.3 Å². The van der Waals surface area contributed by atoms with Crippen molar-refractivity contribution in [2.75, 3.05) is 6.54 Å². The van der Waals surface area contributed by atoms with Crippen LogP contribution in [0.4, 0.5) is 4.39 Å². The molecule has 1 unspecified atom stereocenters. The zero-order valence-corrected chi connectivity index (χ0v) is 13.2. The van der Waals surface area contributed by atoms with Crippen LogP contribution in [0.5, 0.6) is 0 Å². The average molecular weight is 298 g/mol. The largest absolute Gasteiger partial charge is 0.310 e. The number of halogens is 2. The van der Waals surface area contributed by atoms with Crippen molar-refractivity contribution in [3.05, 3.63) is 34.6 Å². The summed E-state index contributed by atoms with van der Waals surface area (Å²) in [6.45, 7) is 5.45. The number of rotatable bonds is 5. The maximum Gasteiger partial charge on any atom is 0.124 e. The number of nitrogens with one attached hydrogen (secondary N) is 1. The van der Waals surface area contributed by atoms with Gasteiger partial charge in [0.1, 0.15) is 5.82 Å². The first kappa shape index (κ1) is 15.8. The van der Waals surface area contributed by atoms with Gasteiger partial charge < -0.3 is 5.32 Å². The maximum atomic E-state index is 13.0. The van der Waals surface area contributed by atoms with Crippen LogP contribution in [-0.4, -0.2) is 6.54 Å². The maximum absolute atomic E-state index is 13.0. The molecule has 0 heterocycles. The van der Waals surface area contributed by atoms with Crippen molar-refractivity contribution in [1.29, 1.82) is 0 Å². The van der Waals surface area contributed by atoms with Gasteiger partial charge in [-0.2, -0.15) is 0 Å². The van der Waals surface area contributed by atoms with E-state index in [0.29, 0.717) is 5.02 Å². The molecule has 1 fully saturated rings. The molecule has 0 spiro atoms. The lowest BCUT2D eigenvalue weighted by atomic mass is 9.81. The number of benzene rings is 1. The number of hydrogen-bond acceptors (Lipinski definition) is 1. The second kappa shape index (κ2) is 7.42. The molecule has 112 valence electrons. The van der Waals surface area contributed by atoms with E-state index in [0.717, 1.165) is 23.9 Å². The third-order valence-electron chi connectivity index (χ3n) is 4.57. The molecule has 1 atom stereocenters. The first-order valence-corrected chi connectivity index (χ1v) is 8.12. The average Bonchev–Trinajstić information content (AvgIpc) is 2.41. The summed E-state index contributed by atoms with van der Waals surface area (Å²) in [6.07, 6.45) is 6.73.